The van der Waals surface area contributed by atoms with Crippen LogP contribution in [0, 0.1) is 11.8 Å². The van der Waals surface area contributed by atoms with Crippen LogP contribution in [0.15, 0.2) is 0 Å². The fraction of sp³-hybridized carbons (Fsp3) is 0.889. The number of Topliss-reactive ketones (excluding diaryl/α,β-unsaturated/α-hetero) is 1. The van der Waals surface area contributed by atoms with Crippen molar-refractivity contribution in [2.45, 2.75) is 85.1 Å². The van der Waals surface area contributed by atoms with Crippen LogP contribution < -0.4 is 5.73 Å². The number of esters is 1. The molecule has 1 rings (SSSR count). The predicted octanol–water partition coefficient (Wildman–Crippen LogP) is 3.86. The van der Waals surface area contributed by atoms with Gasteiger partial charge >= 0.3 is 5.97 Å². The van der Waals surface area contributed by atoms with Gasteiger partial charge < -0.3 is 10.5 Å². The Morgan fingerprint density at radius 1 is 1.18 bits per heavy atom. The molecule has 0 aliphatic heterocycles. The topological polar surface area (TPSA) is 69.4 Å². The monoisotopic (exact) mass is 313 g/mol. The van der Waals surface area contributed by atoms with Crippen molar-refractivity contribution >= 4 is 11.8 Å². The molecule has 0 amide bonds. The van der Waals surface area contributed by atoms with Gasteiger partial charge in [0.05, 0.1) is 0 Å². The van der Waals surface area contributed by atoms with Gasteiger partial charge in [0, 0.05) is 18.9 Å². The van der Waals surface area contributed by atoms with Crippen molar-refractivity contribution in [1.29, 1.82) is 0 Å². The number of hydrogen-bond donors (Lipinski definition) is 1. The summed E-state index contributed by atoms with van der Waals surface area (Å²) in [5.41, 5.74) is 5.26. The van der Waals surface area contributed by atoms with Crippen molar-refractivity contribution in [2.75, 3.05) is 6.61 Å². The van der Waals surface area contributed by atoms with Crippen LogP contribution >= 0.6 is 0 Å². The molecule has 0 heterocycles. The summed E-state index contributed by atoms with van der Waals surface area (Å²) in [5, 5.41) is 0. The molecule has 1 fully saturated rings. The molecule has 130 valence electrons. The lowest BCUT2D eigenvalue weighted by Crippen LogP contribution is -2.24. The molecule has 0 bridgehead atoms. The zero-order valence-corrected chi connectivity index (χ0v) is 14.9. The number of ether oxygens (including phenoxy) is 1. The number of carbonyl (C=O) groups excluding carboxylic acids is 2. The fourth-order valence-corrected chi connectivity index (χ4v) is 2.98. The number of unbranched alkanes of at least 4 members (excludes halogenated alkanes) is 1. The Labute approximate surface area is 136 Å². The SMILES string of the molecule is CC(=O)OCC(C)N.CCCCC(C(C)=O)C1CCCCC1. The van der Waals surface area contributed by atoms with Gasteiger partial charge in [-0.25, -0.2) is 0 Å². The number of rotatable bonds is 7. The highest BCUT2D eigenvalue weighted by atomic mass is 16.5. The van der Waals surface area contributed by atoms with E-state index in [1.54, 1.807) is 13.8 Å². The van der Waals surface area contributed by atoms with Crippen LogP contribution in [0.3, 0.4) is 0 Å². The third-order valence-electron chi connectivity index (χ3n) is 4.16. The summed E-state index contributed by atoms with van der Waals surface area (Å²) >= 11 is 0. The molecule has 0 aromatic heterocycles. The standard InChI is InChI=1S/C13H24O.C5H11NO2/c1-3-4-10-13(11(2)14)12-8-6-5-7-9-12;1-4(6)3-8-5(2)7/h12-13H,3-10H2,1-2H3;4H,3,6H2,1-2H3. The molecular formula is C18H35NO3. The maximum absolute atomic E-state index is 11.5. The molecule has 2 unspecified atom stereocenters. The van der Waals surface area contributed by atoms with Crippen LogP contribution in [0.5, 0.6) is 0 Å². The lowest BCUT2D eigenvalue weighted by Gasteiger charge is -2.28. The second kappa shape index (κ2) is 12.6. The first kappa shape index (κ1) is 21.1. The first-order chi connectivity index (χ1) is 10.4. The van der Waals surface area contributed by atoms with Crippen molar-refractivity contribution < 1.29 is 14.3 Å². The molecule has 0 saturated heterocycles. The number of nitrogens with two attached hydrogens (primary N) is 1. The average Bonchev–Trinajstić information content (AvgIpc) is 2.47. The highest BCUT2D eigenvalue weighted by molar-refractivity contribution is 5.78. The van der Waals surface area contributed by atoms with Gasteiger partial charge in [0.25, 0.3) is 0 Å². The van der Waals surface area contributed by atoms with Crippen LogP contribution in [-0.4, -0.2) is 24.4 Å². The molecular weight excluding hydrogens is 278 g/mol. The largest absolute Gasteiger partial charge is 0.464 e. The van der Waals surface area contributed by atoms with Crippen LogP contribution in [0.4, 0.5) is 0 Å². The maximum Gasteiger partial charge on any atom is 0.302 e. The molecule has 1 aliphatic carbocycles. The molecule has 0 spiro atoms. The fourth-order valence-electron chi connectivity index (χ4n) is 2.98. The van der Waals surface area contributed by atoms with Crippen LogP contribution in [0.1, 0.15) is 79.1 Å². The van der Waals surface area contributed by atoms with Crippen molar-refractivity contribution in [3.63, 3.8) is 0 Å². The Kier molecular flexibility index (Phi) is 12.1. The molecule has 2 N–H and O–H groups in total. The Bertz CT molecular complexity index is 309. The van der Waals surface area contributed by atoms with E-state index >= 15 is 0 Å². The molecule has 0 radical (unpaired) electrons. The van der Waals surface area contributed by atoms with Gasteiger partial charge in [-0.3, -0.25) is 9.59 Å². The van der Waals surface area contributed by atoms with E-state index in [1.165, 1.54) is 51.9 Å². The average molecular weight is 313 g/mol. The van der Waals surface area contributed by atoms with Gasteiger partial charge in [-0.05, 0) is 39.0 Å². The smallest absolute Gasteiger partial charge is 0.302 e. The quantitative estimate of drug-likeness (QED) is 0.725. The van der Waals surface area contributed by atoms with Gasteiger partial charge in [-0.15, -0.1) is 0 Å². The van der Waals surface area contributed by atoms with Crippen LogP contribution in [-0.2, 0) is 14.3 Å². The van der Waals surface area contributed by atoms with E-state index in [0.717, 1.165) is 6.42 Å². The van der Waals surface area contributed by atoms with E-state index in [9.17, 15) is 9.59 Å². The summed E-state index contributed by atoms with van der Waals surface area (Å²) in [6, 6.07) is -0.0566. The first-order valence-corrected chi connectivity index (χ1v) is 8.77. The summed E-state index contributed by atoms with van der Waals surface area (Å²) in [6.07, 6.45) is 10.3. The summed E-state index contributed by atoms with van der Waals surface area (Å²) in [5.74, 6) is 1.26. The summed E-state index contributed by atoms with van der Waals surface area (Å²) < 4.78 is 4.54. The Balaban J connectivity index is 0.000000472. The molecule has 0 aromatic rings. The van der Waals surface area contributed by atoms with Gasteiger partial charge in [0.2, 0.25) is 0 Å². The van der Waals surface area contributed by atoms with E-state index in [0.29, 0.717) is 24.2 Å². The minimum atomic E-state index is -0.276. The van der Waals surface area contributed by atoms with E-state index in [1.807, 2.05) is 0 Å². The minimum absolute atomic E-state index is 0.0566. The normalized spacial score (nSPS) is 17.9. The summed E-state index contributed by atoms with van der Waals surface area (Å²) in [6.45, 7) is 7.45. The lowest BCUT2D eigenvalue weighted by molar-refractivity contribution is -0.141. The van der Waals surface area contributed by atoms with Crippen LogP contribution in [0.25, 0.3) is 0 Å². The zero-order chi connectivity index (χ0) is 17.0. The highest BCUT2D eigenvalue weighted by Crippen LogP contribution is 2.33. The van der Waals surface area contributed by atoms with E-state index < -0.39 is 0 Å². The lowest BCUT2D eigenvalue weighted by atomic mass is 9.76. The molecule has 4 nitrogen and oxygen atoms in total. The Morgan fingerprint density at radius 3 is 2.14 bits per heavy atom. The van der Waals surface area contributed by atoms with Crippen molar-refractivity contribution in [3.8, 4) is 0 Å². The first-order valence-electron chi connectivity index (χ1n) is 8.77. The van der Waals surface area contributed by atoms with Gasteiger partial charge in [0.1, 0.15) is 12.4 Å². The number of hydrogen-bond acceptors (Lipinski definition) is 4. The molecule has 0 aromatic carbocycles. The number of carbonyl (C=O) groups is 2. The second-order valence-corrected chi connectivity index (χ2v) is 6.54. The highest BCUT2D eigenvalue weighted by Gasteiger charge is 2.26. The van der Waals surface area contributed by atoms with Crippen LogP contribution in [0.2, 0.25) is 0 Å². The minimum Gasteiger partial charge on any atom is -0.464 e. The molecule has 1 aliphatic rings. The number of ketones is 1. The van der Waals surface area contributed by atoms with Gasteiger partial charge in [-0.1, -0.05) is 39.0 Å². The van der Waals surface area contributed by atoms with E-state index in [4.69, 9.17) is 5.73 Å². The summed E-state index contributed by atoms with van der Waals surface area (Å²) in [7, 11) is 0. The zero-order valence-electron chi connectivity index (χ0n) is 14.9. The second-order valence-electron chi connectivity index (χ2n) is 6.54. The third kappa shape index (κ3) is 10.8. The van der Waals surface area contributed by atoms with Gasteiger partial charge in [-0.2, -0.15) is 0 Å². The predicted molar refractivity (Wildman–Crippen MR) is 90.6 cm³/mol. The Hall–Kier alpha value is -0.900. The third-order valence-corrected chi connectivity index (χ3v) is 4.16. The van der Waals surface area contributed by atoms with Crippen molar-refractivity contribution in [2.24, 2.45) is 17.6 Å². The molecule has 1 saturated carbocycles. The summed E-state index contributed by atoms with van der Waals surface area (Å²) in [4.78, 5) is 21.6. The molecule has 2 atom stereocenters. The maximum atomic E-state index is 11.5. The van der Waals surface area contributed by atoms with Crippen molar-refractivity contribution in [1.82, 2.24) is 0 Å². The van der Waals surface area contributed by atoms with Crippen molar-refractivity contribution in [3.05, 3.63) is 0 Å². The molecule has 22 heavy (non-hydrogen) atoms. The molecule has 4 heteroatoms. The van der Waals surface area contributed by atoms with Gasteiger partial charge in [0.15, 0.2) is 0 Å². The Morgan fingerprint density at radius 2 is 1.77 bits per heavy atom. The van der Waals surface area contributed by atoms with E-state index in [2.05, 4.69) is 11.7 Å². The van der Waals surface area contributed by atoms with E-state index in [-0.39, 0.29) is 12.0 Å².